The largest absolute Gasteiger partial charge is 0.497 e. The monoisotopic (exact) mass is 304 g/mol. The summed E-state index contributed by atoms with van der Waals surface area (Å²) in [7, 11) is 1.30. The first kappa shape index (κ1) is 17.1. The zero-order valence-corrected chi connectivity index (χ0v) is 12.3. The van der Waals surface area contributed by atoms with E-state index in [0.717, 1.165) is 6.07 Å². The maximum absolute atomic E-state index is 13.0. The van der Waals surface area contributed by atoms with Crippen molar-refractivity contribution in [2.24, 2.45) is 0 Å². The van der Waals surface area contributed by atoms with Crippen LogP contribution in [0.3, 0.4) is 0 Å². The lowest BCUT2D eigenvalue weighted by molar-refractivity contribution is -0.138. The van der Waals surface area contributed by atoms with E-state index in [0.29, 0.717) is 13.1 Å². The van der Waals surface area contributed by atoms with Gasteiger partial charge in [0.25, 0.3) is 0 Å². The van der Waals surface area contributed by atoms with Crippen LogP contribution >= 0.6 is 0 Å². The molecular formula is C14H19F3N2O2. The van der Waals surface area contributed by atoms with Gasteiger partial charge >= 0.3 is 12.2 Å². The van der Waals surface area contributed by atoms with Crippen molar-refractivity contribution in [2.45, 2.75) is 26.6 Å². The molecule has 0 aromatic heterocycles. The van der Waals surface area contributed by atoms with E-state index < -0.39 is 11.7 Å². The summed E-state index contributed by atoms with van der Waals surface area (Å²) in [5.74, 6) is 0.126. The number of carbonyl (C=O) groups is 1. The molecule has 118 valence electrons. The molecule has 0 saturated heterocycles. The summed E-state index contributed by atoms with van der Waals surface area (Å²) in [6.07, 6.45) is -4.50. The van der Waals surface area contributed by atoms with E-state index >= 15 is 0 Å². The van der Waals surface area contributed by atoms with Crippen LogP contribution in [-0.2, 0) is 12.7 Å². The van der Waals surface area contributed by atoms with Crippen molar-refractivity contribution >= 4 is 6.03 Å². The van der Waals surface area contributed by atoms with Crippen molar-refractivity contribution in [3.8, 4) is 5.75 Å². The Bertz CT molecular complexity index is 486. The van der Waals surface area contributed by atoms with Crippen molar-refractivity contribution in [1.29, 1.82) is 0 Å². The third-order valence-corrected chi connectivity index (χ3v) is 3.10. The minimum Gasteiger partial charge on any atom is -0.497 e. The van der Waals surface area contributed by atoms with E-state index in [9.17, 15) is 18.0 Å². The fourth-order valence-electron chi connectivity index (χ4n) is 1.89. The summed E-state index contributed by atoms with van der Waals surface area (Å²) in [6, 6.07) is 3.29. The molecule has 0 aliphatic carbocycles. The lowest BCUT2D eigenvalue weighted by atomic mass is 10.1. The normalized spacial score (nSPS) is 11.1. The smallest absolute Gasteiger partial charge is 0.416 e. The Morgan fingerprint density at radius 2 is 1.90 bits per heavy atom. The van der Waals surface area contributed by atoms with E-state index in [1.807, 2.05) is 0 Å². The Balaban J connectivity index is 2.91. The van der Waals surface area contributed by atoms with Gasteiger partial charge < -0.3 is 15.0 Å². The van der Waals surface area contributed by atoms with Gasteiger partial charge in [-0.05, 0) is 31.5 Å². The number of carbonyl (C=O) groups excluding carboxylic acids is 1. The van der Waals surface area contributed by atoms with Gasteiger partial charge in [-0.2, -0.15) is 13.2 Å². The van der Waals surface area contributed by atoms with Crippen LogP contribution < -0.4 is 10.1 Å². The molecule has 2 amide bonds. The number of ether oxygens (including phenoxy) is 1. The van der Waals surface area contributed by atoms with Crippen LogP contribution in [0.15, 0.2) is 18.2 Å². The molecule has 1 rings (SSSR count). The van der Waals surface area contributed by atoms with Crippen molar-refractivity contribution < 1.29 is 22.7 Å². The maximum atomic E-state index is 13.0. The number of nitrogens with zero attached hydrogens (tertiary/aromatic N) is 1. The number of rotatable bonds is 5. The number of halogens is 3. The molecule has 1 aromatic carbocycles. The van der Waals surface area contributed by atoms with Crippen molar-refractivity contribution in [3.63, 3.8) is 0 Å². The summed E-state index contributed by atoms with van der Waals surface area (Å²) < 4.78 is 43.8. The van der Waals surface area contributed by atoms with Gasteiger partial charge in [-0.25, -0.2) is 4.79 Å². The standard InChI is InChI=1S/C14H19F3N2O2/c1-4-19(5-2)13(20)18-9-10-6-7-11(21-3)8-12(10)14(15,16)17/h6-8H,4-5,9H2,1-3H3,(H,18,20). The van der Waals surface area contributed by atoms with Crippen LogP contribution in [0.25, 0.3) is 0 Å². The van der Waals surface area contributed by atoms with E-state index in [1.165, 1.54) is 24.1 Å². The van der Waals surface area contributed by atoms with E-state index in [-0.39, 0.29) is 23.9 Å². The number of hydrogen-bond donors (Lipinski definition) is 1. The molecule has 0 fully saturated rings. The molecule has 1 N–H and O–H groups in total. The minimum atomic E-state index is -4.50. The molecule has 1 aromatic rings. The molecule has 0 unspecified atom stereocenters. The van der Waals surface area contributed by atoms with Crippen molar-refractivity contribution in [2.75, 3.05) is 20.2 Å². The predicted molar refractivity (Wildman–Crippen MR) is 73.2 cm³/mol. The van der Waals surface area contributed by atoms with Gasteiger partial charge in [0, 0.05) is 19.6 Å². The third kappa shape index (κ3) is 4.54. The lowest BCUT2D eigenvalue weighted by Crippen LogP contribution is -2.39. The van der Waals surface area contributed by atoms with Crippen LogP contribution in [-0.4, -0.2) is 31.1 Å². The lowest BCUT2D eigenvalue weighted by Gasteiger charge is -2.20. The molecule has 0 radical (unpaired) electrons. The fourth-order valence-corrected chi connectivity index (χ4v) is 1.89. The van der Waals surface area contributed by atoms with Gasteiger partial charge in [-0.3, -0.25) is 0 Å². The highest BCUT2D eigenvalue weighted by atomic mass is 19.4. The van der Waals surface area contributed by atoms with Crippen LogP contribution in [0, 0.1) is 0 Å². The maximum Gasteiger partial charge on any atom is 0.416 e. The number of hydrogen-bond acceptors (Lipinski definition) is 2. The Morgan fingerprint density at radius 1 is 1.29 bits per heavy atom. The summed E-state index contributed by atoms with van der Waals surface area (Å²) >= 11 is 0. The average Bonchev–Trinajstić information content (AvgIpc) is 2.45. The SMILES string of the molecule is CCN(CC)C(=O)NCc1ccc(OC)cc1C(F)(F)F. The first-order valence-electron chi connectivity index (χ1n) is 6.60. The van der Waals surface area contributed by atoms with Gasteiger partial charge in [0.15, 0.2) is 0 Å². The number of urea groups is 1. The number of benzene rings is 1. The molecule has 0 aliphatic rings. The highest BCUT2D eigenvalue weighted by Gasteiger charge is 2.33. The van der Waals surface area contributed by atoms with E-state index in [2.05, 4.69) is 5.32 Å². The van der Waals surface area contributed by atoms with Gasteiger partial charge in [-0.15, -0.1) is 0 Å². The first-order chi connectivity index (χ1) is 9.83. The van der Waals surface area contributed by atoms with Gasteiger partial charge in [-0.1, -0.05) is 6.07 Å². The zero-order chi connectivity index (χ0) is 16.0. The van der Waals surface area contributed by atoms with Crippen LogP contribution in [0.2, 0.25) is 0 Å². The van der Waals surface area contributed by atoms with Crippen LogP contribution in [0.4, 0.5) is 18.0 Å². The highest BCUT2D eigenvalue weighted by Crippen LogP contribution is 2.34. The number of methoxy groups -OCH3 is 1. The van der Waals surface area contributed by atoms with Crippen molar-refractivity contribution in [1.82, 2.24) is 10.2 Å². The second-order valence-corrected chi connectivity index (χ2v) is 4.35. The molecule has 4 nitrogen and oxygen atoms in total. The second kappa shape index (κ2) is 7.19. The van der Waals surface area contributed by atoms with E-state index in [4.69, 9.17) is 4.74 Å². The minimum absolute atomic E-state index is 0.00352. The van der Waals surface area contributed by atoms with Gasteiger partial charge in [0.2, 0.25) is 0 Å². The molecule has 0 aliphatic heterocycles. The summed E-state index contributed by atoms with van der Waals surface area (Å²) in [5.41, 5.74) is -0.800. The topological polar surface area (TPSA) is 41.6 Å². The third-order valence-electron chi connectivity index (χ3n) is 3.10. The Morgan fingerprint density at radius 3 is 2.38 bits per heavy atom. The summed E-state index contributed by atoms with van der Waals surface area (Å²) in [6.45, 7) is 4.41. The summed E-state index contributed by atoms with van der Waals surface area (Å²) in [5, 5.41) is 2.50. The molecule has 0 atom stereocenters. The first-order valence-corrected chi connectivity index (χ1v) is 6.60. The predicted octanol–water partition coefficient (Wildman–Crippen LogP) is 3.27. The molecule has 7 heteroatoms. The number of alkyl halides is 3. The average molecular weight is 304 g/mol. The molecule has 21 heavy (non-hydrogen) atoms. The fraction of sp³-hybridized carbons (Fsp3) is 0.500. The Labute approximate surface area is 121 Å². The number of nitrogens with one attached hydrogen (secondary N) is 1. The highest BCUT2D eigenvalue weighted by molar-refractivity contribution is 5.74. The molecule has 0 bridgehead atoms. The van der Waals surface area contributed by atoms with Crippen LogP contribution in [0.5, 0.6) is 5.75 Å². The van der Waals surface area contributed by atoms with Crippen molar-refractivity contribution in [3.05, 3.63) is 29.3 Å². The molecule has 0 spiro atoms. The Kier molecular flexibility index (Phi) is 5.87. The number of amides is 2. The Hall–Kier alpha value is -1.92. The molecule has 0 heterocycles. The molecular weight excluding hydrogens is 285 g/mol. The van der Waals surface area contributed by atoms with Gasteiger partial charge in [0.05, 0.1) is 12.7 Å². The summed E-state index contributed by atoms with van der Waals surface area (Å²) in [4.78, 5) is 13.3. The quantitative estimate of drug-likeness (QED) is 0.907. The zero-order valence-electron chi connectivity index (χ0n) is 12.3. The van der Waals surface area contributed by atoms with Crippen LogP contribution in [0.1, 0.15) is 25.0 Å². The van der Waals surface area contributed by atoms with E-state index in [1.54, 1.807) is 13.8 Å². The van der Waals surface area contributed by atoms with Gasteiger partial charge in [0.1, 0.15) is 5.75 Å². The molecule has 0 saturated carbocycles. The second-order valence-electron chi connectivity index (χ2n) is 4.35.